The molecule has 0 amide bonds. The van der Waals surface area contributed by atoms with Gasteiger partial charge in [-0.05, 0) is 47.1 Å². The number of aryl methyl sites for hydroxylation is 1. The molecule has 0 aliphatic carbocycles. The zero-order chi connectivity index (χ0) is 14.5. The maximum Gasteiger partial charge on any atom is 0.194 e. The molecule has 1 aromatic rings. The van der Waals surface area contributed by atoms with Crippen molar-refractivity contribution in [3.63, 3.8) is 0 Å². The van der Waals surface area contributed by atoms with Crippen LogP contribution in [0.25, 0.3) is 0 Å². The molecule has 19 heavy (non-hydrogen) atoms. The minimum absolute atomic E-state index is 0.165. The molecule has 1 unspecified atom stereocenters. The molecule has 4 nitrogen and oxygen atoms in total. The van der Waals surface area contributed by atoms with Gasteiger partial charge in [0.1, 0.15) is 5.60 Å². The van der Waals surface area contributed by atoms with Gasteiger partial charge in [-0.2, -0.15) is 0 Å². The number of rotatable bonds is 7. The summed E-state index contributed by atoms with van der Waals surface area (Å²) in [7, 11) is 1.71. The third-order valence-corrected chi connectivity index (χ3v) is 3.42. The van der Waals surface area contributed by atoms with Crippen molar-refractivity contribution in [2.75, 3.05) is 13.7 Å². The SMILES string of the molecule is CCC(C)(OC)c1cnc(CCCNC(C)(C)C)o1. The standard InChI is InChI=1S/C15H28N2O2/c1-7-15(5,18-6)12-11-16-13(19-12)9-8-10-17-14(2,3)4/h11,17H,7-10H2,1-6H3. The van der Waals surface area contributed by atoms with Crippen LogP contribution in [0.5, 0.6) is 0 Å². The fraction of sp³-hybridized carbons (Fsp3) is 0.800. The Bertz CT molecular complexity index is 376. The lowest BCUT2D eigenvalue weighted by atomic mass is 10.0. The van der Waals surface area contributed by atoms with Crippen molar-refractivity contribution in [2.45, 2.75) is 65.0 Å². The highest BCUT2D eigenvalue weighted by atomic mass is 16.5. The van der Waals surface area contributed by atoms with Crippen molar-refractivity contribution in [1.82, 2.24) is 10.3 Å². The molecule has 4 heteroatoms. The molecule has 0 saturated carbocycles. The van der Waals surface area contributed by atoms with E-state index >= 15 is 0 Å². The number of nitrogens with one attached hydrogen (secondary N) is 1. The first-order valence-corrected chi connectivity index (χ1v) is 7.06. The van der Waals surface area contributed by atoms with Gasteiger partial charge in [0.25, 0.3) is 0 Å². The van der Waals surface area contributed by atoms with Crippen LogP contribution < -0.4 is 5.32 Å². The van der Waals surface area contributed by atoms with E-state index in [1.165, 1.54) is 0 Å². The van der Waals surface area contributed by atoms with Gasteiger partial charge in [-0.15, -0.1) is 0 Å². The molecule has 1 heterocycles. The molecule has 0 fully saturated rings. The van der Waals surface area contributed by atoms with E-state index in [2.05, 4.69) is 38.0 Å². The molecule has 0 aliphatic rings. The Balaban J connectivity index is 2.47. The maximum absolute atomic E-state index is 5.80. The number of aromatic nitrogens is 1. The Hall–Kier alpha value is -0.870. The van der Waals surface area contributed by atoms with Gasteiger partial charge < -0.3 is 14.5 Å². The van der Waals surface area contributed by atoms with Crippen molar-refractivity contribution in [1.29, 1.82) is 0 Å². The lowest BCUT2D eigenvalue weighted by Gasteiger charge is -2.23. The molecule has 0 spiro atoms. The number of nitrogens with zero attached hydrogens (tertiary/aromatic N) is 1. The fourth-order valence-electron chi connectivity index (χ4n) is 1.79. The van der Waals surface area contributed by atoms with E-state index in [1.807, 2.05) is 6.92 Å². The summed E-state index contributed by atoms with van der Waals surface area (Å²) < 4.78 is 11.3. The summed E-state index contributed by atoms with van der Waals surface area (Å²) in [6, 6.07) is 0. The second kappa shape index (κ2) is 6.53. The topological polar surface area (TPSA) is 47.3 Å². The molecule has 1 N–H and O–H groups in total. The van der Waals surface area contributed by atoms with Crippen LogP contribution in [0.2, 0.25) is 0 Å². The second-order valence-electron chi connectivity index (χ2n) is 6.19. The number of ether oxygens (including phenoxy) is 1. The first-order chi connectivity index (χ1) is 8.80. The van der Waals surface area contributed by atoms with Crippen LogP contribution in [-0.4, -0.2) is 24.2 Å². The summed E-state index contributed by atoms with van der Waals surface area (Å²) >= 11 is 0. The molecule has 1 aromatic heterocycles. The minimum atomic E-state index is -0.366. The van der Waals surface area contributed by atoms with Crippen molar-refractivity contribution < 1.29 is 9.15 Å². The molecule has 1 atom stereocenters. The van der Waals surface area contributed by atoms with Gasteiger partial charge in [0, 0.05) is 19.1 Å². The summed E-state index contributed by atoms with van der Waals surface area (Å²) in [5, 5.41) is 3.46. The van der Waals surface area contributed by atoms with Crippen molar-refractivity contribution in [3.8, 4) is 0 Å². The number of hydrogen-bond acceptors (Lipinski definition) is 4. The zero-order valence-electron chi connectivity index (χ0n) is 13.2. The normalized spacial score (nSPS) is 15.5. The lowest BCUT2D eigenvalue weighted by molar-refractivity contribution is -0.0197. The van der Waals surface area contributed by atoms with Crippen LogP contribution in [0, 0.1) is 0 Å². The second-order valence-corrected chi connectivity index (χ2v) is 6.19. The highest BCUT2D eigenvalue weighted by Crippen LogP contribution is 2.28. The van der Waals surface area contributed by atoms with E-state index in [-0.39, 0.29) is 11.1 Å². The summed E-state index contributed by atoms with van der Waals surface area (Å²) in [6.07, 6.45) is 4.53. The molecule has 0 aromatic carbocycles. The van der Waals surface area contributed by atoms with Gasteiger partial charge in [0.15, 0.2) is 11.7 Å². The van der Waals surface area contributed by atoms with E-state index in [0.29, 0.717) is 0 Å². The van der Waals surface area contributed by atoms with E-state index in [9.17, 15) is 0 Å². The van der Waals surface area contributed by atoms with Crippen LogP contribution in [-0.2, 0) is 16.8 Å². The molecule has 110 valence electrons. The van der Waals surface area contributed by atoms with Crippen LogP contribution in [0.4, 0.5) is 0 Å². The minimum Gasteiger partial charge on any atom is -0.443 e. The van der Waals surface area contributed by atoms with E-state index in [1.54, 1.807) is 13.3 Å². The number of hydrogen-bond donors (Lipinski definition) is 1. The summed E-state index contributed by atoms with van der Waals surface area (Å²) in [6.45, 7) is 11.6. The Morgan fingerprint density at radius 1 is 1.32 bits per heavy atom. The fourth-order valence-corrected chi connectivity index (χ4v) is 1.79. The predicted octanol–water partition coefficient (Wildman–Crippen LogP) is 3.27. The summed E-state index contributed by atoms with van der Waals surface area (Å²) in [5.74, 6) is 1.61. The molecular weight excluding hydrogens is 240 g/mol. The first-order valence-electron chi connectivity index (χ1n) is 7.06. The maximum atomic E-state index is 5.80. The number of oxazole rings is 1. The smallest absolute Gasteiger partial charge is 0.194 e. The van der Waals surface area contributed by atoms with Gasteiger partial charge in [0.05, 0.1) is 6.20 Å². The van der Waals surface area contributed by atoms with Crippen molar-refractivity contribution in [2.24, 2.45) is 0 Å². The monoisotopic (exact) mass is 268 g/mol. The Morgan fingerprint density at radius 2 is 2.00 bits per heavy atom. The Labute approximate surface area is 116 Å². The van der Waals surface area contributed by atoms with Gasteiger partial charge in [0.2, 0.25) is 0 Å². The quantitative estimate of drug-likeness (QED) is 0.771. The van der Waals surface area contributed by atoms with Crippen LogP contribution in [0.15, 0.2) is 10.6 Å². The highest BCUT2D eigenvalue weighted by Gasteiger charge is 2.28. The third-order valence-electron chi connectivity index (χ3n) is 3.42. The summed E-state index contributed by atoms with van der Waals surface area (Å²) in [4.78, 5) is 4.34. The molecule has 0 bridgehead atoms. The van der Waals surface area contributed by atoms with E-state index in [4.69, 9.17) is 9.15 Å². The predicted molar refractivity (Wildman–Crippen MR) is 77.2 cm³/mol. The van der Waals surface area contributed by atoms with Gasteiger partial charge in [-0.1, -0.05) is 6.92 Å². The number of methoxy groups -OCH3 is 1. The van der Waals surface area contributed by atoms with Gasteiger partial charge >= 0.3 is 0 Å². The van der Waals surface area contributed by atoms with E-state index in [0.717, 1.165) is 37.5 Å². The Kier molecular flexibility index (Phi) is 5.56. The molecular formula is C15H28N2O2. The van der Waals surface area contributed by atoms with Crippen LogP contribution in [0.1, 0.15) is 59.1 Å². The van der Waals surface area contributed by atoms with Crippen molar-refractivity contribution in [3.05, 3.63) is 17.8 Å². The molecule has 0 aliphatic heterocycles. The average Bonchev–Trinajstić information content (AvgIpc) is 2.82. The lowest BCUT2D eigenvalue weighted by Crippen LogP contribution is -2.36. The average molecular weight is 268 g/mol. The van der Waals surface area contributed by atoms with Gasteiger partial charge in [-0.3, -0.25) is 0 Å². The Morgan fingerprint density at radius 3 is 2.53 bits per heavy atom. The highest BCUT2D eigenvalue weighted by molar-refractivity contribution is 5.05. The van der Waals surface area contributed by atoms with Crippen LogP contribution in [0.3, 0.4) is 0 Å². The molecule has 0 radical (unpaired) electrons. The molecule has 1 rings (SSSR count). The van der Waals surface area contributed by atoms with Crippen molar-refractivity contribution >= 4 is 0 Å². The zero-order valence-corrected chi connectivity index (χ0v) is 13.2. The largest absolute Gasteiger partial charge is 0.443 e. The first kappa shape index (κ1) is 16.2. The molecule has 0 saturated heterocycles. The third kappa shape index (κ3) is 4.96. The van der Waals surface area contributed by atoms with Gasteiger partial charge in [-0.25, -0.2) is 4.98 Å². The van der Waals surface area contributed by atoms with E-state index < -0.39 is 0 Å². The summed E-state index contributed by atoms with van der Waals surface area (Å²) in [5.41, 5.74) is -0.201. The van der Waals surface area contributed by atoms with Crippen LogP contribution >= 0.6 is 0 Å².